The van der Waals surface area contributed by atoms with Crippen LogP contribution in [-0.2, 0) is 11.2 Å². The van der Waals surface area contributed by atoms with E-state index in [9.17, 15) is 0 Å². The molecule has 3 rings (SSSR count). The zero-order chi connectivity index (χ0) is 13.8. The molecule has 1 aliphatic heterocycles. The van der Waals surface area contributed by atoms with Crippen molar-refractivity contribution in [1.29, 1.82) is 0 Å². The van der Waals surface area contributed by atoms with Gasteiger partial charge in [-0.25, -0.2) is 0 Å². The number of nitrogens with two attached hydrogens (primary N) is 1. The van der Waals surface area contributed by atoms with Gasteiger partial charge in [-0.2, -0.15) is 0 Å². The quantitative estimate of drug-likeness (QED) is 0.898. The molecule has 2 aliphatic rings. The average molecular weight is 275 g/mol. The monoisotopic (exact) mass is 275 g/mol. The van der Waals surface area contributed by atoms with Crippen LogP contribution in [0, 0.1) is 0 Å². The Labute approximate surface area is 121 Å². The number of hydrogen-bond acceptors (Lipinski definition) is 3. The van der Waals surface area contributed by atoms with Crippen molar-refractivity contribution in [3.8, 4) is 5.75 Å². The molecular weight excluding hydrogens is 250 g/mol. The van der Waals surface area contributed by atoms with Crippen LogP contribution in [0.15, 0.2) is 24.3 Å². The van der Waals surface area contributed by atoms with Crippen molar-refractivity contribution in [3.05, 3.63) is 29.8 Å². The predicted octanol–water partition coefficient (Wildman–Crippen LogP) is 3.06. The Balaban J connectivity index is 1.51. The molecule has 1 unspecified atom stereocenters. The third kappa shape index (κ3) is 3.15. The summed E-state index contributed by atoms with van der Waals surface area (Å²) in [5.41, 5.74) is 7.03. The summed E-state index contributed by atoms with van der Waals surface area (Å²) in [5, 5.41) is 0. The van der Waals surface area contributed by atoms with Gasteiger partial charge < -0.3 is 15.2 Å². The van der Waals surface area contributed by atoms with E-state index in [0.29, 0.717) is 13.2 Å². The topological polar surface area (TPSA) is 44.5 Å². The molecule has 0 bridgehead atoms. The lowest BCUT2D eigenvalue weighted by molar-refractivity contribution is -0.0508. The molecule has 1 saturated carbocycles. The van der Waals surface area contributed by atoms with E-state index in [2.05, 4.69) is 12.1 Å². The minimum Gasteiger partial charge on any atom is -0.491 e. The first-order valence-corrected chi connectivity index (χ1v) is 7.89. The van der Waals surface area contributed by atoms with E-state index in [-0.39, 0.29) is 11.7 Å². The molecule has 3 heteroatoms. The fourth-order valence-corrected chi connectivity index (χ4v) is 3.55. The van der Waals surface area contributed by atoms with E-state index in [0.717, 1.165) is 18.6 Å². The average Bonchev–Trinajstić information content (AvgIpc) is 3.08. The highest BCUT2D eigenvalue weighted by Gasteiger charge is 2.42. The Morgan fingerprint density at radius 2 is 2.10 bits per heavy atom. The summed E-state index contributed by atoms with van der Waals surface area (Å²) in [5.74, 6) is 0.937. The van der Waals surface area contributed by atoms with Gasteiger partial charge in [-0.15, -0.1) is 0 Å². The SMILES string of the molecule is NCCc1cccc(OCC2CCC3(CCCC3)O2)c1. The highest BCUT2D eigenvalue weighted by molar-refractivity contribution is 5.28. The standard InChI is InChI=1S/C17H25NO2/c18-11-7-14-4-3-5-15(12-14)19-13-16-6-10-17(20-16)8-1-2-9-17/h3-5,12,16H,1-2,6-11,13,18H2. The van der Waals surface area contributed by atoms with Crippen LogP contribution in [0.5, 0.6) is 5.75 Å². The summed E-state index contributed by atoms with van der Waals surface area (Å²) in [4.78, 5) is 0. The van der Waals surface area contributed by atoms with Crippen molar-refractivity contribution in [2.24, 2.45) is 5.73 Å². The van der Waals surface area contributed by atoms with Gasteiger partial charge in [0, 0.05) is 0 Å². The number of hydrogen-bond donors (Lipinski definition) is 1. The zero-order valence-corrected chi connectivity index (χ0v) is 12.1. The molecule has 3 nitrogen and oxygen atoms in total. The molecule has 1 saturated heterocycles. The van der Waals surface area contributed by atoms with Crippen molar-refractivity contribution < 1.29 is 9.47 Å². The van der Waals surface area contributed by atoms with Gasteiger partial charge in [0.25, 0.3) is 0 Å². The van der Waals surface area contributed by atoms with Gasteiger partial charge in [-0.3, -0.25) is 0 Å². The highest BCUT2D eigenvalue weighted by Crippen LogP contribution is 2.43. The van der Waals surface area contributed by atoms with E-state index < -0.39 is 0 Å². The van der Waals surface area contributed by atoms with Crippen LogP contribution in [0.3, 0.4) is 0 Å². The molecule has 0 amide bonds. The molecular formula is C17H25NO2. The molecule has 1 atom stereocenters. The van der Waals surface area contributed by atoms with Crippen molar-refractivity contribution in [2.45, 2.75) is 56.7 Å². The van der Waals surface area contributed by atoms with Crippen molar-refractivity contribution in [3.63, 3.8) is 0 Å². The van der Waals surface area contributed by atoms with Gasteiger partial charge in [0.2, 0.25) is 0 Å². The van der Waals surface area contributed by atoms with Crippen LogP contribution < -0.4 is 10.5 Å². The first-order chi connectivity index (χ1) is 9.80. The third-order valence-corrected chi connectivity index (χ3v) is 4.62. The second kappa shape index (κ2) is 6.15. The minimum absolute atomic E-state index is 0.204. The molecule has 0 radical (unpaired) electrons. The van der Waals surface area contributed by atoms with Crippen LogP contribution in [0.2, 0.25) is 0 Å². The second-order valence-corrected chi connectivity index (χ2v) is 6.17. The maximum absolute atomic E-state index is 6.26. The van der Waals surface area contributed by atoms with E-state index in [1.54, 1.807) is 0 Å². The molecule has 1 aliphatic carbocycles. The molecule has 20 heavy (non-hydrogen) atoms. The van der Waals surface area contributed by atoms with Gasteiger partial charge in [-0.05, 0) is 56.3 Å². The summed E-state index contributed by atoms with van der Waals surface area (Å²) in [6.07, 6.45) is 8.68. The Hall–Kier alpha value is -1.06. The smallest absolute Gasteiger partial charge is 0.119 e. The fourth-order valence-electron chi connectivity index (χ4n) is 3.55. The Bertz CT molecular complexity index is 440. The summed E-state index contributed by atoms with van der Waals surface area (Å²) >= 11 is 0. The van der Waals surface area contributed by atoms with E-state index in [1.807, 2.05) is 12.1 Å². The first kappa shape index (κ1) is 13.9. The molecule has 2 N–H and O–H groups in total. The molecule has 1 spiro atoms. The van der Waals surface area contributed by atoms with Crippen molar-refractivity contribution in [1.82, 2.24) is 0 Å². The fraction of sp³-hybridized carbons (Fsp3) is 0.647. The van der Waals surface area contributed by atoms with Crippen LogP contribution in [0.4, 0.5) is 0 Å². The number of benzene rings is 1. The van der Waals surface area contributed by atoms with Crippen LogP contribution in [0.1, 0.15) is 44.1 Å². The predicted molar refractivity (Wildman–Crippen MR) is 80.0 cm³/mol. The maximum Gasteiger partial charge on any atom is 0.119 e. The minimum atomic E-state index is 0.204. The molecule has 1 aromatic carbocycles. The van der Waals surface area contributed by atoms with Crippen LogP contribution >= 0.6 is 0 Å². The number of ether oxygens (including phenoxy) is 2. The van der Waals surface area contributed by atoms with Crippen LogP contribution in [-0.4, -0.2) is 24.9 Å². The van der Waals surface area contributed by atoms with Gasteiger partial charge in [0.1, 0.15) is 12.4 Å². The largest absolute Gasteiger partial charge is 0.491 e. The van der Waals surface area contributed by atoms with Crippen LogP contribution in [0.25, 0.3) is 0 Å². The Morgan fingerprint density at radius 3 is 2.90 bits per heavy atom. The molecule has 0 aromatic heterocycles. The van der Waals surface area contributed by atoms with Gasteiger partial charge >= 0.3 is 0 Å². The molecule has 110 valence electrons. The van der Waals surface area contributed by atoms with Crippen molar-refractivity contribution >= 4 is 0 Å². The first-order valence-electron chi connectivity index (χ1n) is 7.89. The Kier molecular flexibility index (Phi) is 4.27. The van der Waals surface area contributed by atoms with Gasteiger partial charge in [0.05, 0.1) is 11.7 Å². The summed E-state index contributed by atoms with van der Waals surface area (Å²) in [6.45, 7) is 1.35. The second-order valence-electron chi connectivity index (χ2n) is 6.17. The van der Waals surface area contributed by atoms with Gasteiger partial charge in [-0.1, -0.05) is 25.0 Å². The normalized spacial score (nSPS) is 24.4. The zero-order valence-electron chi connectivity index (χ0n) is 12.1. The number of rotatable bonds is 5. The van der Waals surface area contributed by atoms with Gasteiger partial charge in [0.15, 0.2) is 0 Å². The maximum atomic E-state index is 6.26. The molecule has 1 aromatic rings. The lowest BCUT2D eigenvalue weighted by atomic mass is 9.98. The lowest BCUT2D eigenvalue weighted by Crippen LogP contribution is -2.27. The van der Waals surface area contributed by atoms with E-state index in [1.165, 1.54) is 37.7 Å². The lowest BCUT2D eigenvalue weighted by Gasteiger charge is -2.23. The van der Waals surface area contributed by atoms with Crippen molar-refractivity contribution in [2.75, 3.05) is 13.2 Å². The highest BCUT2D eigenvalue weighted by atomic mass is 16.6. The summed E-state index contributed by atoms with van der Waals surface area (Å²) in [6, 6.07) is 8.24. The third-order valence-electron chi connectivity index (χ3n) is 4.62. The summed E-state index contributed by atoms with van der Waals surface area (Å²) < 4.78 is 12.2. The van der Waals surface area contributed by atoms with E-state index in [4.69, 9.17) is 15.2 Å². The Morgan fingerprint density at radius 1 is 1.25 bits per heavy atom. The summed E-state index contributed by atoms with van der Waals surface area (Å²) in [7, 11) is 0. The molecule has 1 heterocycles. The molecule has 2 fully saturated rings. The van der Waals surface area contributed by atoms with E-state index >= 15 is 0 Å².